The van der Waals surface area contributed by atoms with Crippen molar-refractivity contribution >= 4 is 0 Å². The van der Waals surface area contributed by atoms with E-state index in [0.29, 0.717) is 18.8 Å². The number of nitrogens with zero attached hydrogens (tertiary/aromatic N) is 1. The molecule has 0 radical (unpaired) electrons. The minimum Gasteiger partial charge on any atom is -0.390 e. The van der Waals surface area contributed by atoms with Crippen molar-refractivity contribution in [3.05, 3.63) is 60.3 Å². The SMILES string of the molecule is C=C/C(C#N)=C/NCCCOCc1ccccc1. The first kappa shape index (κ1) is 14.0. The van der Waals surface area contributed by atoms with E-state index < -0.39 is 0 Å². The molecule has 1 rings (SSSR count). The number of hydrogen-bond donors (Lipinski definition) is 1. The molecule has 3 nitrogen and oxygen atoms in total. The second kappa shape index (κ2) is 9.03. The molecule has 0 aliphatic heterocycles. The second-order valence-electron chi connectivity index (χ2n) is 3.76. The molecule has 0 saturated heterocycles. The van der Waals surface area contributed by atoms with Crippen LogP contribution in [0.4, 0.5) is 0 Å². The Hall–Kier alpha value is -2.05. The lowest BCUT2D eigenvalue weighted by molar-refractivity contribution is 0.119. The van der Waals surface area contributed by atoms with Crippen LogP contribution in [0.1, 0.15) is 12.0 Å². The van der Waals surface area contributed by atoms with Gasteiger partial charge in [0.1, 0.15) is 6.07 Å². The van der Waals surface area contributed by atoms with Gasteiger partial charge in [0.2, 0.25) is 0 Å². The van der Waals surface area contributed by atoms with Crippen molar-refractivity contribution in [2.24, 2.45) is 0 Å². The highest BCUT2D eigenvalue weighted by atomic mass is 16.5. The van der Waals surface area contributed by atoms with Crippen molar-refractivity contribution in [3.63, 3.8) is 0 Å². The molecule has 94 valence electrons. The Bertz CT molecular complexity index is 418. The Balaban J connectivity index is 2.05. The molecule has 1 aromatic carbocycles. The van der Waals surface area contributed by atoms with Gasteiger partial charge in [0.05, 0.1) is 12.2 Å². The van der Waals surface area contributed by atoms with Gasteiger partial charge in [-0.1, -0.05) is 43.0 Å². The van der Waals surface area contributed by atoms with Crippen LogP contribution in [0.5, 0.6) is 0 Å². The smallest absolute Gasteiger partial charge is 0.101 e. The van der Waals surface area contributed by atoms with E-state index >= 15 is 0 Å². The molecule has 0 amide bonds. The van der Waals surface area contributed by atoms with Crippen molar-refractivity contribution in [2.75, 3.05) is 13.2 Å². The van der Waals surface area contributed by atoms with Crippen LogP contribution in [-0.2, 0) is 11.3 Å². The van der Waals surface area contributed by atoms with E-state index in [0.717, 1.165) is 13.0 Å². The van der Waals surface area contributed by atoms with E-state index in [-0.39, 0.29) is 0 Å². The molecule has 1 N–H and O–H groups in total. The van der Waals surface area contributed by atoms with Crippen LogP contribution in [0.2, 0.25) is 0 Å². The number of benzene rings is 1. The van der Waals surface area contributed by atoms with Gasteiger partial charge in [-0.15, -0.1) is 0 Å². The lowest BCUT2D eigenvalue weighted by atomic mass is 10.2. The van der Waals surface area contributed by atoms with E-state index in [1.807, 2.05) is 36.4 Å². The van der Waals surface area contributed by atoms with Gasteiger partial charge in [-0.3, -0.25) is 0 Å². The summed E-state index contributed by atoms with van der Waals surface area (Å²) in [6, 6.07) is 12.1. The van der Waals surface area contributed by atoms with Gasteiger partial charge in [-0.2, -0.15) is 5.26 Å². The predicted molar refractivity (Wildman–Crippen MR) is 72.6 cm³/mol. The third-order valence-corrected chi connectivity index (χ3v) is 2.33. The van der Waals surface area contributed by atoms with Crippen molar-refractivity contribution in [1.29, 1.82) is 5.26 Å². The Labute approximate surface area is 108 Å². The zero-order chi connectivity index (χ0) is 13.1. The summed E-state index contributed by atoms with van der Waals surface area (Å²) in [5.74, 6) is 0. The summed E-state index contributed by atoms with van der Waals surface area (Å²) in [5.41, 5.74) is 1.73. The summed E-state index contributed by atoms with van der Waals surface area (Å²) in [6.45, 7) is 5.67. The van der Waals surface area contributed by atoms with Gasteiger partial charge in [-0.05, 0) is 12.0 Å². The molecule has 0 atom stereocenters. The first-order valence-corrected chi connectivity index (χ1v) is 5.94. The quantitative estimate of drug-likeness (QED) is 0.433. The molecule has 0 bridgehead atoms. The third kappa shape index (κ3) is 5.88. The molecule has 3 heteroatoms. The van der Waals surface area contributed by atoms with Crippen molar-refractivity contribution in [2.45, 2.75) is 13.0 Å². The van der Waals surface area contributed by atoms with Gasteiger partial charge in [0.25, 0.3) is 0 Å². The lowest BCUT2D eigenvalue weighted by Crippen LogP contribution is -2.10. The average molecular weight is 242 g/mol. The molecule has 0 aliphatic rings. The third-order valence-electron chi connectivity index (χ3n) is 2.33. The Morgan fingerprint density at radius 3 is 2.83 bits per heavy atom. The van der Waals surface area contributed by atoms with Gasteiger partial charge in [0.15, 0.2) is 0 Å². The number of allylic oxidation sites excluding steroid dienone is 2. The summed E-state index contributed by atoms with van der Waals surface area (Å²) in [6.07, 6.45) is 4.10. The van der Waals surface area contributed by atoms with Crippen LogP contribution < -0.4 is 5.32 Å². The highest BCUT2D eigenvalue weighted by molar-refractivity contribution is 5.30. The van der Waals surface area contributed by atoms with Gasteiger partial charge < -0.3 is 10.1 Å². The topological polar surface area (TPSA) is 45.0 Å². The maximum atomic E-state index is 8.64. The molecule has 0 fully saturated rings. The average Bonchev–Trinajstić information content (AvgIpc) is 2.43. The van der Waals surface area contributed by atoms with Gasteiger partial charge in [-0.25, -0.2) is 0 Å². The normalized spacial score (nSPS) is 10.7. The van der Waals surface area contributed by atoms with Crippen LogP contribution in [-0.4, -0.2) is 13.2 Å². The first-order valence-electron chi connectivity index (χ1n) is 5.94. The zero-order valence-electron chi connectivity index (χ0n) is 10.4. The van der Waals surface area contributed by atoms with Crippen LogP contribution >= 0.6 is 0 Å². The molecular weight excluding hydrogens is 224 g/mol. The summed E-state index contributed by atoms with van der Waals surface area (Å²) >= 11 is 0. The van der Waals surface area contributed by atoms with E-state index in [1.54, 1.807) is 6.20 Å². The monoisotopic (exact) mass is 242 g/mol. The molecule has 0 heterocycles. The van der Waals surface area contributed by atoms with Crippen LogP contribution in [0.15, 0.2) is 54.8 Å². The van der Waals surface area contributed by atoms with Crippen LogP contribution in [0.25, 0.3) is 0 Å². The van der Waals surface area contributed by atoms with Gasteiger partial charge >= 0.3 is 0 Å². The number of hydrogen-bond acceptors (Lipinski definition) is 3. The number of nitrogens with one attached hydrogen (secondary N) is 1. The van der Waals surface area contributed by atoms with Crippen molar-refractivity contribution in [3.8, 4) is 6.07 Å². The maximum absolute atomic E-state index is 8.64. The molecule has 1 aromatic rings. The number of nitriles is 1. The minimum atomic E-state index is 0.542. The fourth-order valence-electron chi connectivity index (χ4n) is 1.36. The maximum Gasteiger partial charge on any atom is 0.101 e. The number of ether oxygens (including phenoxy) is 1. The molecule has 0 spiro atoms. The first-order chi connectivity index (χ1) is 8.86. The highest BCUT2D eigenvalue weighted by Crippen LogP contribution is 2.00. The molecule has 0 aromatic heterocycles. The molecular formula is C15H18N2O. The standard InChI is InChI=1S/C15H18N2O/c1-2-14(11-16)12-17-9-6-10-18-13-15-7-4-3-5-8-15/h2-5,7-8,12,17H,1,6,9-10,13H2/b14-12-. The van der Waals surface area contributed by atoms with E-state index in [4.69, 9.17) is 10.00 Å². The summed E-state index contributed by atoms with van der Waals surface area (Å²) < 4.78 is 5.53. The minimum absolute atomic E-state index is 0.542. The Morgan fingerprint density at radius 1 is 1.39 bits per heavy atom. The molecule has 0 saturated carbocycles. The van der Waals surface area contributed by atoms with Crippen LogP contribution in [0.3, 0.4) is 0 Å². The van der Waals surface area contributed by atoms with E-state index in [2.05, 4.69) is 11.9 Å². The summed E-state index contributed by atoms with van der Waals surface area (Å²) in [4.78, 5) is 0. The highest BCUT2D eigenvalue weighted by Gasteiger charge is 1.92. The lowest BCUT2D eigenvalue weighted by Gasteiger charge is -2.04. The van der Waals surface area contributed by atoms with E-state index in [1.165, 1.54) is 11.6 Å². The zero-order valence-corrected chi connectivity index (χ0v) is 10.4. The second-order valence-corrected chi connectivity index (χ2v) is 3.76. The van der Waals surface area contributed by atoms with Crippen molar-refractivity contribution in [1.82, 2.24) is 5.32 Å². The van der Waals surface area contributed by atoms with Gasteiger partial charge in [0, 0.05) is 19.4 Å². The Morgan fingerprint density at radius 2 is 2.17 bits per heavy atom. The summed E-state index contributed by atoms with van der Waals surface area (Å²) in [5, 5.41) is 11.7. The van der Waals surface area contributed by atoms with Crippen LogP contribution in [0, 0.1) is 11.3 Å². The number of rotatable bonds is 8. The molecule has 0 unspecified atom stereocenters. The Kier molecular flexibility index (Phi) is 7.03. The summed E-state index contributed by atoms with van der Waals surface area (Å²) in [7, 11) is 0. The largest absolute Gasteiger partial charge is 0.390 e. The van der Waals surface area contributed by atoms with Crippen molar-refractivity contribution < 1.29 is 4.74 Å². The molecule has 0 aliphatic carbocycles. The van der Waals surface area contributed by atoms with E-state index in [9.17, 15) is 0 Å². The predicted octanol–water partition coefficient (Wildman–Crippen LogP) is 2.78. The molecule has 18 heavy (non-hydrogen) atoms. The fraction of sp³-hybridized carbons (Fsp3) is 0.267. The fourth-order valence-corrected chi connectivity index (χ4v) is 1.36.